The first-order valence-corrected chi connectivity index (χ1v) is 20.6. The number of anilines is 12. The zero-order valence-electron chi connectivity index (χ0n) is 33.3. The van der Waals surface area contributed by atoms with Gasteiger partial charge in [0.25, 0.3) is 6.71 Å². The summed E-state index contributed by atoms with van der Waals surface area (Å²) >= 11 is 0. The maximum atomic E-state index is 2.51. The van der Waals surface area contributed by atoms with Crippen LogP contribution in [0.1, 0.15) is 5.56 Å². The third-order valence-corrected chi connectivity index (χ3v) is 11.8. The highest BCUT2D eigenvalue weighted by molar-refractivity contribution is 7.00. The van der Waals surface area contributed by atoms with E-state index in [1.54, 1.807) is 0 Å². The third-order valence-electron chi connectivity index (χ3n) is 11.8. The van der Waals surface area contributed by atoms with Gasteiger partial charge in [-0.25, -0.2) is 0 Å². The van der Waals surface area contributed by atoms with E-state index in [1.165, 1.54) is 27.6 Å². The molecule has 60 heavy (non-hydrogen) atoms. The van der Waals surface area contributed by atoms with Gasteiger partial charge in [-0.3, -0.25) is 0 Å². The van der Waals surface area contributed by atoms with Crippen LogP contribution in [-0.2, 0) is 0 Å². The van der Waals surface area contributed by atoms with Crippen LogP contribution in [0, 0.1) is 6.92 Å². The Labute approximate surface area is 352 Å². The zero-order chi connectivity index (χ0) is 40.0. The van der Waals surface area contributed by atoms with Crippen LogP contribution >= 0.6 is 0 Å². The van der Waals surface area contributed by atoms with Crippen LogP contribution in [0.25, 0.3) is 0 Å². The van der Waals surface area contributed by atoms with Gasteiger partial charge >= 0.3 is 0 Å². The molecule has 0 saturated heterocycles. The molecule has 0 amide bonds. The molecule has 0 N–H and O–H groups in total. The van der Waals surface area contributed by atoms with Crippen LogP contribution in [0.15, 0.2) is 231 Å². The molecule has 0 unspecified atom stereocenters. The van der Waals surface area contributed by atoms with Gasteiger partial charge in [0.15, 0.2) is 0 Å². The normalized spacial score (nSPS) is 12.3. The largest absolute Gasteiger partial charge is 0.311 e. The predicted octanol–water partition coefficient (Wildman–Crippen LogP) is 13.0. The summed E-state index contributed by atoms with van der Waals surface area (Å²) < 4.78 is 0. The van der Waals surface area contributed by atoms with Crippen molar-refractivity contribution in [2.45, 2.75) is 6.92 Å². The lowest BCUT2D eigenvalue weighted by atomic mass is 9.33. The number of fused-ring (bicyclic) bond motifs is 4. The molecule has 0 saturated carbocycles. The van der Waals surface area contributed by atoms with Crippen LogP contribution in [0.3, 0.4) is 0 Å². The minimum Gasteiger partial charge on any atom is -0.311 e. The van der Waals surface area contributed by atoms with E-state index in [9.17, 15) is 0 Å². The molecular formula is C55H41BN4. The quantitative estimate of drug-likeness (QED) is 0.143. The second kappa shape index (κ2) is 14.9. The van der Waals surface area contributed by atoms with Crippen LogP contribution in [0.5, 0.6) is 0 Å². The summed E-state index contributed by atoms with van der Waals surface area (Å²) in [6.07, 6.45) is 0. The first kappa shape index (κ1) is 35.4. The molecule has 2 aliphatic heterocycles. The molecule has 0 spiro atoms. The second-order valence-corrected chi connectivity index (χ2v) is 15.5. The van der Waals surface area contributed by atoms with E-state index in [-0.39, 0.29) is 6.71 Å². The standard InChI is InChI=1S/C55H41BN4/c1-40-31-33-46(34-32-40)60-52-37-47(57(41-19-7-2-8-20-41)42-21-9-3-10-22-42)35-36-50(52)56-49-29-17-18-30-51(49)59(45-27-15-6-16-28-45)53-38-48(39-54(60)55(53)56)58(43-23-11-4-12-24-43)44-25-13-5-14-26-44/h2-39H,1H3. The average Bonchev–Trinajstić information content (AvgIpc) is 3.31. The molecule has 11 rings (SSSR count). The van der Waals surface area contributed by atoms with Crippen molar-refractivity contribution < 1.29 is 0 Å². The van der Waals surface area contributed by atoms with E-state index in [0.29, 0.717) is 0 Å². The topological polar surface area (TPSA) is 13.0 Å². The van der Waals surface area contributed by atoms with Crippen molar-refractivity contribution in [3.05, 3.63) is 236 Å². The molecule has 0 aliphatic carbocycles. The van der Waals surface area contributed by atoms with Crippen LogP contribution < -0.4 is 36.0 Å². The van der Waals surface area contributed by atoms with Gasteiger partial charge in [0, 0.05) is 62.6 Å². The van der Waals surface area contributed by atoms with Gasteiger partial charge < -0.3 is 19.6 Å². The molecule has 284 valence electrons. The van der Waals surface area contributed by atoms with Crippen LogP contribution in [0.4, 0.5) is 68.2 Å². The molecule has 0 bridgehead atoms. The fraction of sp³-hybridized carbons (Fsp3) is 0.0182. The van der Waals surface area contributed by atoms with Crippen LogP contribution in [-0.4, -0.2) is 6.71 Å². The summed E-state index contributed by atoms with van der Waals surface area (Å²) in [6.45, 7) is 2.14. The molecule has 0 radical (unpaired) electrons. The Bertz CT molecular complexity index is 2860. The Balaban J connectivity index is 1.24. The van der Waals surface area contributed by atoms with Gasteiger partial charge in [-0.15, -0.1) is 0 Å². The Morgan fingerprint density at radius 3 is 1.25 bits per heavy atom. The molecule has 2 aliphatic rings. The van der Waals surface area contributed by atoms with Crippen molar-refractivity contribution in [1.29, 1.82) is 0 Å². The number of para-hydroxylation sites is 6. The highest BCUT2D eigenvalue weighted by Gasteiger charge is 2.44. The summed E-state index contributed by atoms with van der Waals surface area (Å²) in [6, 6.07) is 83.6. The van der Waals surface area contributed by atoms with Gasteiger partial charge in [0.1, 0.15) is 0 Å². The van der Waals surface area contributed by atoms with E-state index in [4.69, 9.17) is 0 Å². The van der Waals surface area contributed by atoms with Gasteiger partial charge in [-0.2, -0.15) is 0 Å². The number of aryl methyl sites for hydroxylation is 1. The average molecular weight is 769 g/mol. The monoisotopic (exact) mass is 768 g/mol. The van der Waals surface area contributed by atoms with Crippen molar-refractivity contribution in [2.75, 3.05) is 19.6 Å². The first-order chi connectivity index (χ1) is 29.7. The van der Waals surface area contributed by atoms with Crippen molar-refractivity contribution in [3.63, 3.8) is 0 Å². The molecular weight excluding hydrogens is 727 g/mol. The molecule has 0 fully saturated rings. The number of hydrogen-bond donors (Lipinski definition) is 0. The van der Waals surface area contributed by atoms with E-state index < -0.39 is 0 Å². The van der Waals surface area contributed by atoms with Crippen molar-refractivity contribution in [1.82, 2.24) is 0 Å². The molecule has 5 heteroatoms. The fourth-order valence-electron chi connectivity index (χ4n) is 9.22. The van der Waals surface area contributed by atoms with Crippen molar-refractivity contribution in [3.8, 4) is 0 Å². The van der Waals surface area contributed by atoms with Gasteiger partial charge in [0.2, 0.25) is 0 Å². The molecule has 0 aromatic heterocycles. The molecule has 9 aromatic rings. The summed E-state index contributed by atoms with van der Waals surface area (Å²) in [5.41, 5.74) is 18.5. The Hall–Kier alpha value is -7.76. The number of rotatable bonds is 8. The summed E-state index contributed by atoms with van der Waals surface area (Å²) in [4.78, 5) is 9.74. The first-order valence-electron chi connectivity index (χ1n) is 20.6. The lowest BCUT2D eigenvalue weighted by molar-refractivity contribution is 1.22. The summed E-state index contributed by atoms with van der Waals surface area (Å²) in [7, 11) is 0. The fourth-order valence-corrected chi connectivity index (χ4v) is 9.22. The minimum absolute atomic E-state index is 0.0187. The molecule has 2 heterocycles. The van der Waals surface area contributed by atoms with Gasteiger partial charge in [0.05, 0.1) is 5.69 Å². The smallest absolute Gasteiger partial charge is 0.252 e. The summed E-state index contributed by atoms with van der Waals surface area (Å²) in [5, 5.41) is 0. The van der Waals surface area contributed by atoms with Crippen molar-refractivity contribution >= 4 is 91.3 Å². The maximum Gasteiger partial charge on any atom is 0.252 e. The van der Waals surface area contributed by atoms with E-state index in [2.05, 4.69) is 257 Å². The Kier molecular flexibility index (Phi) is 8.78. The van der Waals surface area contributed by atoms with Crippen LogP contribution in [0.2, 0.25) is 0 Å². The number of benzene rings is 9. The highest BCUT2D eigenvalue weighted by atomic mass is 15.2. The molecule has 9 aromatic carbocycles. The van der Waals surface area contributed by atoms with E-state index in [1.807, 2.05) is 0 Å². The third kappa shape index (κ3) is 6.02. The lowest BCUT2D eigenvalue weighted by Crippen LogP contribution is -2.61. The number of hydrogen-bond acceptors (Lipinski definition) is 4. The van der Waals surface area contributed by atoms with Gasteiger partial charge in [-0.1, -0.05) is 133 Å². The van der Waals surface area contributed by atoms with Gasteiger partial charge in [-0.05, 0) is 126 Å². The second-order valence-electron chi connectivity index (χ2n) is 15.5. The predicted molar refractivity (Wildman–Crippen MR) is 255 cm³/mol. The highest BCUT2D eigenvalue weighted by Crippen LogP contribution is 2.49. The summed E-state index contributed by atoms with van der Waals surface area (Å²) in [5.74, 6) is 0. The van der Waals surface area contributed by atoms with E-state index in [0.717, 1.165) is 62.6 Å². The lowest BCUT2D eigenvalue weighted by Gasteiger charge is -2.45. The SMILES string of the molecule is Cc1ccc(N2c3cc(N(c4ccccc4)c4ccccc4)ccc3B3c4ccccc4N(c4ccccc4)c4cc(N(c5ccccc5)c5ccccc5)cc2c43)cc1. The zero-order valence-corrected chi connectivity index (χ0v) is 33.3. The van der Waals surface area contributed by atoms with E-state index >= 15 is 0 Å². The number of nitrogens with zero attached hydrogens (tertiary/aromatic N) is 4. The molecule has 4 nitrogen and oxygen atoms in total. The Morgan fingerprint density at radius 1 is 0.317 bits per heavy atom. The minimum atomic E-state index is -0.0187. The maximum absolute atomic E-state index is 2.51. The van der Waals surface area contributed by atoms with Crippen molar-refractivity contribution in [2.24, 2.45) is 0 Å². The Morgan fingerprint density at radius 2 is 0.717 bits per heavy atom. The molecule has 0 atom stereocenters.